The number of rotatable bonds is 10. The van der Waals surface area contributed by atoms with Crippen LogP contribution in [0.5, 0.6) is 0 Å². The number of nitrogens with zero attached hydrogens (tertiary/aromatic N) is 4. The topological polar surface area (TPSA) is 42.6 Å². The average molecular weight is 1310 g/mol. The number of hydrogen-bond acceptors (Lipinski definition) is 4. The van der Waals surface area contributed by atoms with Crippen LogP contribution in [-0.2, 0) is 10.8 Å². The van der Waals surface area contributed by atoms with Crippen LogP contribution in [0.1, 0.15) is 49.9 Å². The van der Waals surface area contributed by atoms with Gasteiger partial charge in [0, 0.05) is 111 Å². The van der Waals surface area contributed by atoms with Crippen molar-refractivity contribution in [1.82, 2.24) is 9.13 Å². The van der Waals surface area contributed by atoms with Gasteiger partial charge in [0.05, 0.1) is 22.1 Å². The molecule has 6 nitrogen and oxygen atoms in total. The second kappa shape index (κ2) is 21.8. The number of anilines is 6. The van der Waals surface area contributed by atoms with Gasteiger partial charge in [-0.2, -0.15) is 0 Å². The molecule has 21 rings (SSSR count). The first kappa shape index (κ1) is 58.1. The molecule has 482 valence electrons. The third kappa shape index (κ3) is 8.66. The van der Waals surface area contributed by atoms with Crippen molar-refractivity contribution in [3.8, 4) is 56.3 Å². The normalized spacial score (nSPS) is 13.5. The van der Waals surface area contributed by atoms with Crippen molar-refractivity contribution in [3.63, 3.8) is 0 Å². The van der Waals surface area contributed by atoms with Gasteiger partial charge in [0.15, 0.2) is 0 Å². The van der Waals surface area contributed by atoms with Gasteiger partial charge in [-0.3, -0.25) is 0 Å². The molecule has 102 heavy (non-hydrogen) atoms. The molecule has 0 atom stereocenters. The molecule has 0 aliphatic heterocycles. The van der Waals surface area contributed by atoms with Crippen LogP contribution < -0.4 is 9.80 Å². The van der Waals surface area contributed by atoms with E-state index in [9.17, 15) is 0 Å². The maximum atomic E-state index is 6.41. The third-order valence-corrected chi connectivity index (χ3v) is 22.4. The Kier molecular flexibility index (Phi) is 12.4. The molecule has 0 N–H and O–H groups in total. The van der Waals surface area contributed by atoms with Crippen LogP contribution in [-0.4, -0.2) is 9.13 Å². The lowest BCUT2D eigenvalue weighted by atomic mass is 9.81. The summed E-state index contributed by atoms with van der Waals surface area (Å²) in [5.74, 6) is 1.78. The van der Waals surface area contributed by atoms with Crippen LogP contribution in [0.3, 0.4) is 0 Å². The largest absolute Gasteiger partial charge is 0.456 e. The quantitative estimate of drug-likeness (QED) is 0.137. The van der Waals surface area contributed by atoms with Gasteiger partial charge in [-0.15, -0.1) is 0 Å². The number of hydrogen-bond donors (Lipinski definition) is 0. The molecular formula is C96H66N4O2. The first-order valence-corrected chi connectivity index (χ1v) is 35.4. The summed E-state index contributed by atoms with van der Waals surface area (Å²) in [6.07, 6.45) is 0. The highest BCUT2D eigenvalue weighted by atomic mass is 16.3. The average Bonchev–Trinajstić information content (AvgIpc) is 1.55. The van der Waals surface area contributed by atoms with Crippen molar-refractivity contribution in [3.05, 3.63) is 350 Å². The van der Waals surface area contributed by atoms with Gasteiger partial charge in [-0.05, 0) is 201 Å². The van der Waals surface area contributed by atoms with E-state index in [0.29, 0.717) is 0 Å². The summed E-state index contributed by atoms with van der Waals surface area (Å²) in [5.41, 5.74) is 27.2. The number of furan rings is 2. The van der Waals surface area contributed by atoms with Crippen LogP contribution in [0, 0.1) is 0 Å². The summed E-state index contributed by atoms with van der Waals surface area (Å²) in [6.45, 7) is 9.46. The van der Waals surface area contributed by atoms with E-state index in [0.717, 1.165) is 112 Å². The predicted octanol–water partition coefficient (Wildman–Crippen LogP) is 26.6. The molecular weight excluding hydrogens is 1240 g/mol. The van der Waals surface area contributed by atoms with Crippen molar-refractivity contribution in [2.24, 2.45) is 0 Å². The molecule has 0 radical (unpaired) electrons. The van der Waals surface area contributed by atoms with Crippen LogP contribution in [0.4, 0.5) is 34.1 Å². The fourth-order valence-corrected chi connectivity index (χ4v) is 17.4. The van der Waals surface area contributed by atoms with Crippen molar-refractivity contribution in [2.75, 3.05) is 9.80 Å². The maximum Gasteiger partial charge on any atom is 0.135 e. The SMILES string of the molecule is CC1(C)c2cc(-c3cc4ccccc4o3)ccc2-c2ccc(N(c3ccccc3)c3ccc4c(ccc5c6cc7c(cc6n(-c6ccccc6)c45)c4ccc5cc(N(c6ccccc6)c6ccc8c(c6)C(C)(C)c6cc(-c9cc%10ccccc%10o9)ccc6-8)ccc5c4n7-c4ccccc4)c3)cc21. The molecule has 0 saturated heterocycles. The summed E-state index contributed by atoms with van der Waals surface area (Å²) in [4.78, 5) is 4.85. The smallest absolute Gasteiger partial charge is 0.135 e. The zero-order valence-corrected chi connectivity index (χ0v) is 56.8. The summed E-state index contributed by atoms with van der Waals surface area (Å²) >= 11 is 0. The summed E-state index contributed by atoms with van der Waals surface area (Å²) in [6, 6.07) is 121. The maximum absolute atomic E-state index is 6.41. The monoisotopic (exact) mass is 1310 g/mol. The van der Waals surface area contributed by atoms with Gasteiger partial charge in [-0.25, -0.2) is 0 Å². The van der Waals surface area contributed by atoms with E-state index in [-0.39, 0.29) is 10.8 Å². The Balaban J connectivity index is 0.686. The lowest BCUT2D eigenvalue weighted by molar-refractivity contribution is 0.629. The van der Waals surface area contributed by atoms with Crippen molar-refractivity contribution in [1.29, 1.82) is 0 Å². The molecule has 2 aliphatic rings. The fourth-order valence-electron chi connectivity index (χ4n) is 17.4. The zero-order valence-electron chi connectivity index (χ0n) is 56.8. The third-order valence-electron chi connectivity index (χ3n) is 22.4. The second-order valence-corrected chi connectivity index (χ2v) is 28.8. The molecule has 15 aromatic carbocycles. The van der Waals surface area contributed by atoms with Crippen LogP contribution in [0.2, 0.25) is 0 Å². The molecule has 0 bridgehead atoms. The molecule has 2 aliphatic carbocycles. The summed E-state index contributed by atoms with van der Waals surface area (Å²) in [5, 5.41) is 11.7. The van der Waals surface area contributed by atoms with Gasteiger partial charge in [0.2, 0.25) is 0 Å². The van der Waals surface area contributed by atoms with E-state index in [2.05, 4.69) is 350 Å². The molecule has 4 aromatic heterocycles. The standard InChI is InChI=1S/C96H66N4O2/c1-95(2)83-51-63(91-53-61-21-17-19-31-89(61)101-91)35-41-75(83)77-47-39-71(55-85(77)95)97(65-23-9-5-10-24-65)69-37-45-73-59(49-69)33-43-79-81-57-88-82(58-87(81)99(93(73)79)67-27-13-7-14-28-67)80-44-34-60-50-70(38-46-74(60)94(80)100(88)68-29-15-8-16-30-68)98(66-25-11-6-12-26-66)72-40-48-78-76-42-36-64(52-84(76)96(3,4)86(78)56-72)92-54-62-22-18-20-32-90(62)102-92/h5-58H,1-4H3. The molecule has 0 unspecified atom stereocenters. The summed E-state index contributed by atoms with van der Waals surface area (Å²) in [7, 11) is 0. The van der Waals surface area contributed by atoms with Gasteiger partial charge < -0.3 is 27.8 Å². The molecule has 19 aromatic rings. The molecule has 0 fully saturated rings. The van der Waals surface area contributed by atoms with Crippen LogP contribution in [0.15, 0.2) is 336 Å². The van der Waals surface area contributed by atoms with E-state index in [4.69, 9.17) is 8.83 Å². The Morgan fingerprint density at radius 2 is 0.598 bits per heavy atom. The first-order valence-electron chi connectivity index (χ1n) is 35.4. The highest BCUT2D eigenvalue weighted by Gasteiger charge is 2.39. The Bertz CT molecular complexity index is 6220. The van der Waals surface area contributed by atoms with E-state index in [1.807, 2.05) is 24.3 Å². The van der Waals surface area contributed by atoms with E-state index in [1.54, 1.807) is 0 Å². The van der Waals surface area contributed by atoms with Crippen molar-refractivity contribution >= 4 is 121 Å². The number of para-hydroxylation sites is 6. The van der Waals surface area contributed by atoms with Gasteiger partial charge >= 0.3 is 0 Å². The molecule has 4 heterocycles. The van der Waals surface area contributed by atoms with Crippen LogP contribution in [0.25, 0.3) is 143 Å². The highest BCUT2D eigenvalue weighted by Crippen LogP contribution is 2.55. The molecule has 0 spiro atoms. The lowest BCUT2D eigenvalue weighted by Gasteiger charge is -2.28. The van der Waals surface area contributed by atoms with Crippen molar-refractivity contribution in [2.45, 2.75) is 38.5 Å². The minimum absolute atomic E-state index is 0.266. The number of fused-ring (bicyclic) bond motifs is 18. The van der Waals surface area contributed by atoms with Crippen LogP contribution >= 0.6 is 0 Å². The Morgan fingerprint density at radius 1 is 0.255 bits per heavy atom. The molecule has 0 amide bonds. The highest BCUT2D eigenvalue weighted by molar-refractivity contribution is 6.26. The minimum Gasteiger partial charge on any atom is -0.456 e. The Morgan fingerprint density at radius 3 is 1.01 bits per heavy atom. The zero-order chi connectivity index (χ0) is 67.7. The van der Waals surface area contributed by atoms with Crippen molar-refractivity contribution < 1.29 is 8.83 Å². The van der Waals surface area contributed by atoms with Gasteiger partial charge in [0.25, 0.3) is 0 Å². The van der Waals surface area contributed by atoms with E-state index < -0.39 is 0 Å². The predicted molar refractivity (Wildman–Crippen MR) is 425 cm³/mol. The van der Waals surface area contributed by atoms with E-state index in [1.165, 1.54) is 87.9 Å². The number of aromatic nitrogens is 2. The second-order valence-electron chi connectivity index (χ2n) is 28.8. The van der Waals surface area contributed by atoms with Gasteiger partial charge in [0.1, 0.15) is 22.7 Å². The minimum atomic E-state index is -0.266. The van der Waals surface area contributed by atoms with E-state index >= 15 is 0 Å². The van der Waals surface area contributed by atoms with Gasteiger partial charge in [-0.1, -0.05) is 210 Å². The number of benzene rings is 15. The molecule has 6 heteroatoms. The molecule has 0 saturated carbocycles. The fraction of sp³-hybridized carbons (Fsp3) is 0.0625. The lowest BCUT2D eigenvalue weighted by Crippen LogP contribution is -2.16. The summed E-state index contributed by atoms with van der Waals surface area (Å²) < 4.78 is 17.8. The first-order chi connectivity index (χ1) is 50.1. The Labute approximate surface area is 590 Å². The Hall–Kier alpha value is -12.9.